The van der Waals surface area contributed by atoms with Crippen molar-refractivity contribution in [1.82, 2.24) is 0 Å². The molecule has 0 fully saturated rings. The van der Waals surface area contributed by atoms with Gasteiger partial charge in [0.1, 0.15) is 5.82 Å². The molecule has 0 aliphatic carbocycles. The lowest BCUT2D eigenvalue weighted by atomic mass is 10.1. The number of benzene rings is 1. The van der Waals surface area contributed by atoms with Crippen LogP contribution in [0.2, 0.25) is 0 Å². The zero-order chi connectivity index (χ0) is 11.5. The highest BCUT2D eigenvalue weighted by atomic mass is 32.1. The molecule has 1 heterocycles. The molecule has 0 saturated carbocycles. The van der Waals surface area contributed by atoms with Crippen molar-refractivity contribution in [2.24, 2.45) is 5.92 Å². The van der Waals surface area contributed by atoms with Crippen molar-refractivity contribution in [2.75, 3.05) is 23.7 Å². The predicted molar refractivity (Wildman–Crippen MR) is 70.0 cm³/mol. The molecule has 88 valence electrons. The Labute approximate surface area is 102 Å². The number of halogens is 1. The van der Waals surface area contributed by atoms with Crippen LogP contribution in [-0.2, 0) is 6.42 Å². The average Bonchev–Trinajstić information content (AvgIpc) is 2.68. The van der Waals surface area contributed by atoms with E-state index in [1.54, 1.807) is 12.1 Å². The summed E-state index contributed by atoms with van der Waals surface area (Å²) < 4.78 is 13.2. The summed E-state index contributed by atoms with van der Waals surface area (Å²) in [6, 6.07) is 5.12. The predicted octanol–water partition coefficient (Wildman–Crippen LogP) is 3.14. The van der Waals surface area contributed by atoms with Crippen LogP contribution in [0.25, 0.3) is 0 Å². The first-order valence-corrected chi connectivity index (χ1v) is 6.52. The summed E-state index contributed by atoms with van der Waals surface area (Å²) >= 11 is 4.36. The monoisotopic (exact) mass is 239 g/mol. The van der Waals surface area contributed by atoms with Crippen LogP contribution in [0.3, 0.4) is 0 Å². The highest BCUT2D eigenvalue weighted by Crippen LogP contribution is 2.29. The van der Waals surface area contributed by atoms with Crippen LogP contribution >= 0.6 is 12.6 Å². The van der Waals surface area contributed by atoms with Gasteiger partial charge in [-0.1, -0.05) is 19.4 Å². The maximum absolute atomic E-state index is 13.2. The smallest absolute Gasteiger partial charge is 0.125 e. The summed E-state index contributed by atoms with van der Waals surface area (Å²) in [5.74, 6) is 1.36. The number of rotatable bonds is 4. The normalized spacial score (nSPS) is 16.3. The maximum Gasteiger partial charge on any atom is 0.125 e. The highest BCUT2D eigenvalue weighted by Gasteiger charge is 2.21. The minimum atomic E-state index is -0.135. The number of fused-ring (bicyclic) bond motifs is 1. The number of anilines is 1. The van der Waals surface area contributed by atoms with Gasteiger partial charge in [0.2, 0.25) is 0 Å². The van der Waals surface area contributed by atoms with Gasteiger partial charge in [0.05, 0.1) is 0 Å². The fourth-order valence-electron chi connectivity index (χ4n) is 2.24. The Morgan fingerprint density at radius 1 is 1.50 bits per heavy atom. The number of nitrogens with zero attached hydrogens (tertiary/aromatic N) is 1. The van der Waals surface area contributed by atoms with Crippen molar-refractivity contribution in [3.63, 3.8) is 0 Å². The van der Waals surface area contributed by atoms with E-state index < -0.39 is 0 Å². The van der Waals surface area contributed by atoms with Crippen molar-refractivity contribution >= 4 is 18.3 Å². The molecule has 0 spiro atoms. The first-order valence-electron chi connectivity index (χ1n) is 5.88. The molecule has 16 heavy (non-hydrogen) atoms. The van der Waals surface area contributed by atoms with Crippen LogP contribution in [-0.4, -0.2) is 18.8 Å². The molecule has 2 rings (SSSR count). The summed E-state index contributed by atoms with van der Waals surface area (Å²) in [6.45, 7) is 4.20. The summed E-state index contributed by atoms with van der Waals surface area (Å²) in [6.07, 6.45) is 2.17. The quantitative estimate of drug-likeness (QED) is 0.790. The fraction of sp³-hybridized carbons (Fsp3) is 0.538. The molecule has 1 nitrogen and oxygen atoms in total. The van der Waals surface area contributed by atoms with Crippen LogP contribution in [0.1, 0.15) is 18.9 Å². The van der Waals surface area contributed by atoms with Crippen molar-refractivity contribution in [3.8, 4) is 0 Å². The van der Waals surface area contributed by atoms with Crippen molar-refractivity contribution in [1.29, 1.82) is 0 Å². The summed E-state index contributed by atoms with van der Waals surface area (Å²) in [7, 11) is 0. The van der Waals surface area contributed by atoms with Gasteiger partial charge >= 0.3 is 0 Å². The molecule has 1 aromatic rings. The second-order valence-corrected chi connectivity index (χ2v) is 4.79. The Bertz CT molecular complexity index is 363. The number of hydrogen-bond acceptors (Lipinski definition) is 2. The third-order valence-electron chi connectivity index (χ3n) is 3.35. The summed E-state index contributed by atoms with van der Waals surface area (Å²) in [5.41, 5.74) is 2.36. The summed E-state index contributed by atoms with van der Waals surface area (Å²) in [5, 5.41) is 0. The van der Waals surface area contributed by atoms with Crippen molar-refractivity contribution < 1.29 is 4.39 Å². The first-order chi connectivity index (χ1) is 7.74. The molecule has 0 saturated heterocycles. The topological polar surface area (TPSA) is 3.24 Å². The van der Waals surface area contributed by atoms with E-state index in [1.165, 1.54) is 5.56 Å². The van der Waals surface area contributed by atoms with Crippen LogP contribution in [0, 0.1) is 11.7 Å². The largest absolute Gasteiger partial charge is 0.371 e. The van der Waals surface area contributed by atoms with Gasteiger partial charge in [0.15, 0.2) is 0 Å². The molecule has 1 atom stereocenters. The maximum atomic E-state index is 13.2. The Morgan fingerprint density at radius 3 is 3.00 bits per heavy atom. The Hall–Kier alpha value is -0.700. The summed E-state index contributed by atoms with van der Waals surface area (Å²) in [4.78, 5) is 2.29. The van der Waals surface area contributed by atoms with Gasteiger partial charge in [0.25, 0.3) is 0 Å². The molecule has 1 aromatic carbocycles. The van der Waals surface area contributed by atoms with Gasteiger partial charge in [-0.3, -0.25) is 0 Å². The van der Waals surface area contributed by atoms with Gasteiger partial charge in [-0.05, 0) is 35.8 Å². The second kappa shape index (κ2) is 5.09. The lowest BCUT2D eigenvalue weighted by molar-refractivity contribution is 0.559. The van der Waals surface area contributed by atoms with Gasteiger partial charge < -0.3 is 4.90 Å². The molecular weight excluding hydrogens is 221 g/mol. The molecule has 0 N–H and O–H groups in total. The zero-order valence-corrected chi connectivity index (χ0v) is 10.5. The van der Waals surface area contributed by atoms with Gasteiger partial charge in [-0.25, -0.2) is 4.39 Å². The molecule has 0 bridgehead atoms. The van der Waals surface area contributed by atoms with E-state index in [0.29, 0.717) is 5.92 Å². The SMILES string of the molecule is CCC(CS)CN1CCc2ccc(F)cc21. The Kier molecular flexibility index (Phi) is 3.74. The van der Waals surface area contributed by atoms with Crippen LogP contribution in [0.4, 0.5) is 10.1 Å². The zero-order valence-electron chi connectivity index (χ0n) is 9.62. The molecule has 1 aliphatic heterocycles. The molecule has 3 heteroatoms. The molecule has 0 radical (unpaired) electrons. The molecule has 1 unspecified atom stereocenters. The Balaban J connectivity index is 2.13. The van der Waals surface area contributed by atoms with Gasteiger partial charge in [-0.2, -0.15) is 12.6 Å². The molecular formula is C13H18FNS. The van der Waals surface area contributed by atoms with E-state index in [2.05, 4.69) is 24.5 Å². The van der Waals surface area contributed by atoms with E-state index in [1.807, 2.05) is 6.07 Å². The fourth-order valence-corrected chi connectivity index (χ4v) is 2.61. The third-order valence-corrected chi connectivity index (χ3v) is 3.87. The van der Waals surface area contributed by atoms with E-state index >= 15 is 0 Å². The van der Waals surface area contributed by atoms with E-state index in [9.17, 15) is 4.39 Å². The van der Waals surface area contributed by atoms with Crippen LogP contribution in [0.15, 0.2) is 18.2 Å². The van der Waals surface area contributed by atoms with E-state index in [-0.39, 0.29) is 5.82 Å². The van der Waals surface area contributed by atoms with Gasteiger partial charge in [-0.15, -0.1) is 0 Å². The Morgan fingerprint density at radius 2 is 2.31 bits per heavy atom. The highest BCUT2D eigenvalue weighted by molar-refractivity contribution is 7.80. The first kappa shape index (κ1) is 11.8. The minimum Gasteiger partial charge on any atom is -0.371 e. The standard InChI is InChI=1S/C13H18FNS/c1-2-10(9-16)8-15-6-5-11-3-4-12(14)7-13(11)15/h3-4,7,10,16H,2,5-6,8-9H2,1H3. The lowest BCUT2D eigenvalue weighted by Crippen LogP contribution is -2.28. The molecule has 1 aliphatic rings. The van der Waals surface area contributed by atoms with E-state index in [4.69, 9.17) is 0 Å². The second-order valence-electron chi connectivity index (χ2n) is 4.43. The lowest BCUT2D eigenvalue weighted by Gasteiger charge is -2.24. The minimum absolute atomic E-state index is 0.135. The van der Waals surface area contributed by atoms with E-state index in [0.717, 1.165) is 37.4 Å². The van der Waals surface area contributed by atoms with Crippen LogP contribution < -0.4 is 4.90 Å². The van der Waals surface area contributed by atoms with Gasteiger partial charge in [0, 0.05) is 18.8 Å². The molecule has 0 amide bonds. The third kappa shape index (κ3) is 2.34. The average molecular weight is 239 g/mol. The van der Waals surface area contributed by atoms with Crippen LogP contribution in [0.5, 0.6) is 0 Å². The number of hydrogen-bond donors (Lipinski definition) is 1. The van der Waals surface area contributed by atoms with Crippen molar-refractivity contribution in [3.05, 3.63) is 29.6 Å². The van der Waals surface area contributed by atoms with Crippen molar-refractivity contribution in [2.45, 2.75) is 19.8 Å². The number of thiol groups is 1. The molecule has 0 aromatic heterocycles.